The highest BCUT2D eigenvalue weighted by Crippen LogP contribution is 2.38. The zero-order valence-corrected chi connectivity index (χ0v) is 47.7. The number of allylic oxidation sites excluding steroid dienone is 19. The highest BCUT2D eigenvalue weighted by atomic mass is 31.2. The number of phosphoric ester groups is 1. The third-order valence-corrected chi connectivity index (χ3v) is 13.2. The Kier molecular flexibility index (Phi) is 50.5. The van der Waals surface area contributed by atoms with Crippen LogP contribution in [-0.2, 0) is 18.4 Å². The maximum Gasteiger partial charge on any atom is 0.268 e. The fraction of sp³-hybridized carbons (Fsp3) is 0.667. The summed E-state index contributed by atoms with van der Waals surface area (Å²) in [6.45, 7) is 4.25. The van der Waals surface area contributed by atoms with Gasteiger partial charge in [-0.05, 0) is 96.8 Å². The number of phosphoric acid groups is 1. The number of unbranched alkanes of at least 4 members (excludes halogenated alkanes) is 21. The third-order valence-electron chi connectivity index (χ3n) is 12.2. The molecular formula is C63H109N2O6P. The molecule has 0 aliphatic carbocycles. The molecular weight excluding hydrogens is 912 g/mol. The normalized spacial score (nSPS) is 14.8. The molecule has 2 N–H and O–H groups in total. The lowest BCUT2D eigenvalue weighted by atomic mass is 10.0. The van der Waals surface area contributed by atoms with E-state index < -0.39 is 26.6 Å². The molecule has 0 saturated heterocycles. The molecule has 0 aromatic carbocycles. The van der Waals surface area contributed by atoms with Crippen molar-refractivity contribution in [3.05, 3.63) is 122 Å². The van der Waals surface area contributed by atoms with Crippen LogP contribution in [0.3, 0.4) is 0 Å². The van der Waals surface area contributed by atoms with Crippen LogP contribution in [-0.4, -0.2) is 68.5 Å². The molecule has 0 spiro atoms. The van der Waals surface area contributed by atoms with Crippen molar-refractivity contribution >= 4 is 13.7 Å². The number of rotatable bonds is 51. The lowest BCUT2D eigenvalue weighted by Crippen LogP contribution is -2.45. The van der Waals surface area contributed by atoms with Gasteiger partial charge in [0.15, 0.2) is 0 Å². The molecule has 1 amide bonds. The third kappa shape index (κ3) is 54.7. The van der Waals surface area contributed by atoms with Crippen molar-refractivity contribution in [1.82, 2.24) is 5.32 Å². The molecule has 0 bridgehead atoms. The Hall–Kier alpha value is -3.10. The van der Waals surface area contributed by atoms with Crippen molar-refractivity contribution in [2.45, 2.75) is 231 Å². The molecule has 8 nitrogen and oxygen atoms in total. The Labute approximate surface area is 444 Å². The van der Waals surface area contributed by atoms with Crippen LogP contribution in [0.5, 0.6) is 0 Å². The number of quaternary nitrogens is 1. The van der Waals surface area contributed by atoms with Gasteiger partial charge in [0, 0.05) is 6.42 Å². The van der Waals surface area contributed by atoms with Gasteiger partial charge < -0.3 is 28.8 Å². The van der Waals surface area contributed by atoms with Gasteiger partial charge in [0.1, 0.15) is 13.2 Å². The molecule has 0 radical (unpaired) electrons. The molecule has 0 rings (SSSR count). The summed E-state index contributed by atoms with van der Waals surface area (Å²) >= 11 is 0. The van der Waals surface area contributed by atoms with E-state index in [0.29, 0.717) is 17.4 Å². The molecule has 0 heterocycles. The number of nitrogens with one attached hydrogen (secondary N) is 1. The highest BCUT2D eigenvalue weighted by molar-refractivity contribution is 7.45. The zero-order valence-electron chi connectivity index (χ0n) is 46.8. The number of aliphatic hydroxyl groups excluding tert-OH is 1. The van der Waals surface area contributed by atoms with E-state index in [1.807, 2.05) is 40.2 Å². The van der Waals surface area contributed by atoms with E-state index >= 15 is 0 Å². The summed E-state index contributed by atoms with van der Waals surface area (Å²) in [5, 5.41) is 13.7. The zero-order chi connectivity index (χ0) is 52.7. The summed E-state index contributed by atoms with van der Waals surface area (Å²) in [6, 6.07) is -0.912. The standard InChI is InChI=1S/C63H109N2O6P/c1-6-8-10-12-14-16-17-18-19-20-21-22-23-24-25-26-27-28-29-30-31-32-33-34-35-36-37-38-39-40-41-42-43-44-45-46-47-49-51-53-55-57-63(67)64-61(60-71-72(68,69)70-59-58-65(3,4)5)62(66)56-54-52-50-48-15-13-11-9-7-2/h7-10,14-16,18-19,21-22,24-25,27-28,30-31,48,54,56,61-62,66H,6,11-13,17,20,23,26,29,32-47,49-53,55,57-60H2,1-5H3,(H-,64,67,68,69)/b9-7+,10-8-,16-14-,19-18-,22-21-,25-24-,28-27-,31-30-,48-15+,56-54+. The molecule has 3 unspecified atom stereocenters. The molecule has 9 heteroatoms. The summed E-state index contributed by atoms with van der Waals surface area (Å²) in [5.74, 6) is -0.217. The fourth-order valence-corrected chi connectivity index (χ4v) is 8.48. The topological polar surface area (TPSA) is 108 Å². The van der Waals surface area contributed by atoms with E-state index in [2.05, 4.69) is 116 Å². The Morgan fingerprint density at radius 2 is 0.875 bits per heavy atom. The summed E-state index contributed by atoms with van der Waals surface area (Å²) in [6.07, 6.45) is 79.1. The van der Waals surface area contributed by atoms with Gasteiger partial charge in [-0.2, -0.15) is 0 Å². The van der Waals surface area contributed by atoms with Crippen molar-refractivity contribution in [3.63, 3.8) is 0 Å². The molecule has 0 saturated carbocycles. The molecule has 0 aromatic rings. The van der Waals surface area contributed by atoms with Gasteiger partial charge in [-0.25, -0.2) is 0 Å². The Bertz CT molecular complexity index is 1580. The van der Waals surface area contributed by atoms with E-state index in [1.165, 1.54) is 109 Å². The van der Waals surface area contributed by atoms with E-state index in [4.69, 9.17) is 9.05 Å². The van der Waals surface area contributed by atoms with Gasteiger partial charge in [0.2, 0.25) is 5.91 Å². The van der Waals surface area contributed by atoms with Gasteiger partial charge in [-0.3, -0.25) is 9.36 Å². The minimum Gasteiger partial charge on any atom is -0.756 e. The Morgan fingerprint density at radius 1 is 0.514 bits per heavy atom. The van der Waals surface area contributed by atoms with Crippen LogP contribution in [0.4, 0.5) is 0 Å². The smallest absolute Gasteiger partial charge is 0.268 e. The molecule has 72 heavy (non-hydrogen) atoms. The van der Waals surface area contributed by atoms with Crippen LogP contribution < -0.4 is 10.2 Å². The quantitative estimate of drug-likeness (QED) is 0.0272. The predicted molar refractivity (Wildman–Crippen MR) is 311 cm³/mol. The predicted octanol–water partition coefficient (Wildman–Crippen LogP) is 17.1. The number of amides is 1. The first-order valence-electron chi connectivity index (χ1n) is 28.9. The van der Waals surface area contributed by atoms with Crippen molar-refractivity contribution < 1.29 is 32.9 Å². The number of carbonyl (C=O) groups is 1. The Balaban J connectivity index is 3.88. The van der Waals surface area contributed by atoms with Crippen molar-refractivity contribution in [3.8, 4) is 0 Å². The molecule has 3 atom stereocenters. The second kappa shape index (κ2) is 52.8. The second-order valence-corrected chi connectivity index (χ2v) is 21.7. The Morgan fingerprint density at radius 3 is 1.29 bits per heavy atom. The molecule has 412 valence electrons. The van der Waals surface area contributed by atoms with Gasteiger partial charge >= 0.3 is 0 Å². The lowest BCUT2D eigenvalue weighted by molar-refractivity contribution is -0.870. The minimum absolute atomic E-state index is 0.0129. The largest absolute Gasteiger partial charge is 0.756 e. The lowest BCUT2D eigenvalue weighted by Gasteiger charge is -2.29. The van der Waals surface area contributed by atoms with E-state index in [1.54, 1.807) is 6.08 Å². The highest BCUT2D eigenvalue weighted by Gasteiger charge is 2.23. The second-order valence-electron chi connectivity index (χ2n) is 20.3. The number of likely N-dealkylation sites (N-methyl/N-ethyl adjacent to an activating group) is 1. The summed E-state index contributed by atoms with van der Waals surface area (Å²) in [7, 11) is 1.22. The molecule has 0 aromatic heterocycles. The number of carbonyl (C=O) groups excluding carboxylic acids is 1. The van der Waals surface area contributed by atoms with Crippen LogP contribution in [0, 0.1) is 0 Å². The SMILES string of the molecule is C/C=C/CC/C=C/CC/C=C/C(O)C(COP(=O)([O-])OCC[N+](C)(C)C)NC(=O)CCCCCCCCCCCCCCCCCCCCC/C=C\C/C=C\C/C=C\C/C=C\C/C=C\C/C=C\C/C=C\CC. The molecule has 0 fully saturated rings. The minimum atomic E-state index is -4.60. The monoisotopic (exact) mass is 1020 g/mol. The maximum atomic E-state index is 12.9. The number of nitrogens with zero attached hydrogens (tertiary/aromatic N) is 1. The van der Waals surface area contributed by atoms with Crippen LogP contribution in [0.1, 0.15) is 219 Å². The summed E-state index contributed by atoms with van der Waals surface area (Å²) in [4.78, 5) is 25.3. The average molecular weight is 1020 g/mol. The van der Waals surface area contributed by atoms with Gasteiger partial charge in [0.05, 0.1) is 39.9 Å². The van der Waals surface area contributed by atoms with Crippen molar-refractivity contribution in [2.75, 3.05) is 40.9 Å². The molecule has 0 aliphatic heterocycles. The van der Waals surface area contributed by atoms with Crippen molar-refractivity contribution in [2.24, 2.45) is 0 Å². The van der Waals surface area contributed by atoms with E-state index in [0.717, 1.165) is 89.9 Å². The average Bonchev–Trinajstić information content (AvgIpc) is 3.34. The maximum absolute atomic E-state index is 12.9. The first kappa shape index (κ1) is 68.9. The number of hydrogen-bond acceptors (Lipinski definition) is 6. The number of aliphatic hydroxyl groups is 1. The van der Waals surface area contributed by atoms with Crippen LogP contribution in [0.2, 0.25) is 0 Å². The first-order chi connectivity index (χ1) is 35.0. The van der Waals surface area contributed by atoms with Crippen molar-refractivity contribution in [1.29, 1.82) is 0 Å². The van der Waals surface area contributed by atoms with Crippen LogP contribution in [0.15, 0.2) is 122 Å². The van der Waals surface area contributed by atoms with Crippen LogP contribution >= 0.6 is 7.82 Å². The summed E-state index contributed by atoms with van der Waals surface area (Å²) < 4.78 is 23.2. The number of hydrogen-bond donors (Lipinski definition) is 2. The first-order valence-corrected chi connectivity index (χ1v) is 30.3. The van der Waals surface area contributed by atoms with Gasteiger partial charge in [-0.15, -0.1) is 0 Å². The van der Waals surface area contributed by atoms with Crippen LogP contribution in [0.25, 0.3) is 0 Å². The molecule has 0 aliphatic rings. The van der Waals surface area contributed by atoms with Gasteiger partial charge in [0.25, 0.3) is 7.82 Å². The fourth-order valence-electron chi connectivity index (χ4n) is 7.76. The van der Waals surface area contributed by atoms with E-state index in [9.17, 15) is 19.4 Å². The van der Waals surface area contributed by atoms with E-state index in [-0.39, 0.29) is 12.5 Å². The summed E-state index contributed by atoms with van der Waals surface area (Å²) in [5.41, 5.74) is 0. The van der Waals surface area contributed by atoms with Gasteiger partial charge in [-0.1, -0.05) is 238 Å².